The standard InChI is InChI=1S/C22H24N2O3/c1-13-8-6-9-14(2)19(13)23-18(25)12-24(5)22(26)21-16(4)17-11-7-10-15(3)20(17)27-21/h6-11H,12H2,1-5H3,(H,23,25). The minimum Gasteiger partial charge on any atom is -0.450 e. The van der Waals surface area contributed by atoms with Crippen molar-refractivity contribution in [3.05, 3.63) is 64.4 Å². The second-order valence-corrected chi connectivity index (χ2v) is 6.98. The molecule has 0 fully saturated rings. The molecule has 0 aliphatic carbocycles. The molecule has 0 atom stereocenters. The van der Waals surface area contributed by atoms with Gasteiger partial charge in [0.15, 0.2) is 5.76 Å². The number of likely N-dealkylation sites (N-methyl/N-ethyl adjacent to an activating group) is 1. The maximum Gasteiger partial charge on any atom is 0.290 e. The van der Waals surface area contributed by atoms with Crippen LogP contribution in [0.2, 0.25) is 0 Å². The first kappa shape index (κ1) is 18.7. The molecule has 0 bridgehead atoms. The highest BCUT2D eigenvalue weighted by molar-refractivity contribution is 6.02. The molecule has 2 amide bonds. The predicted octanol–water partition coefficient (Wildman–Crippen LogP) is 4.38. The summed E-state index contributed by atoms with van der Waals surface area (Å²) in [6.07, 6.45) is 0. The summed E-state index contributed by atoms with van der Waals surface area (Å²) in [5.41, 5.74) is 5.25. The molecule has 0 aliphatic rings. The zero-order chi connectivity index (χ0) is 19.7. The molecule has 1 aromatic heterocycles. The van der Waals surface area contributed by atoms with Crippen molar-refractivity contribution in [2.24, 2.45) is 0 Å². The van der Waals surface area contributed by atoms with E-state index in [4.69, 9.17) is 4.42 Å². The Morgan fingerprint density at radius 3 is 2.19 bits per heavy atom. The second kappa shape index (κ2) is 7.27. The number of carbonyl (C=O) groups excluding carboxylic acids is 2. The average molecular weight is 364 g/mol. The van der Waals surface area contributed by atoms with Crippen LogP contribution in [-0.4, -0.2) is 30.3 Å². The SMILES string of the molecule is Cc1cccc(C)c1NC(=O)CN(C)C(=O)c1oc2c(C)cccc2c1C. The fraction of sp³-hybridized carbons (Fsp3) is 0.273. The Labute approximate surface area is 159 Å². The van der Waals surface area contributed by atoms with Crippen LogP contribution >= 0.6 is 0 Å². The third kappa shape index (κ3) is 3.58. The maximum atomic E-state index is 12.8. The van der Waals surface area contributed by atoms with E-state index in [-0.39, 0.29) is 24.1 Å². The van der Waals surface area contributed by atoms with E-state index < -0.39 is 0 Å². The number of hydrogen-bond acceptors (Lipinski definition) is 3. The molecule has 0 saturated carbocycles. The molecule has 3 aromatic rings. The van der Waals surface area contributed by atoms with Crippen LogP contribution in [0.25, 0.3) is 11.0 Å². The van der Waals surface area contributed by atoms with Gasteiger partial charge < -0.3 is 14.6 Å². The van der Waals surface area contributed by atoms with Gasteiger partial charge in [0, 0.05) is 23.7 Å². The topological polar surface area (TPSA) is 62.6 Å². The summed E-state index contributed by atoms with van der Waals surface area (Å²) in [7, 11) is 1.60. The maximum absolute atomic E-state index is 12.8. The van der Waals surface area contributed by atoms with Gasteiger partial charge in [-0.2, -0.15) is 0 Å². The number of benzene rings is 2. The van der Waals surface area contributed by atoms with Gasteiger partial charge >= 0.3 is 0 Å². The number of furan rings is 1. The monoisotopic (exact) mass is 364 g/mol. The molecule has 0 aliphatic heterocycles. The molecule has 27 heavy (non-hydrogen) atoms. The Morgan fingerprint density at radius 2 is 1.56 bits per heavy atom. The van der Waals surface area contributed by atoms with E-state index in [1.165, 1.54) is 4.90 Å². The number of para-hydroxylation sites is 2. The second-order valence-electron chi connectivity index (χ2n) is 6.98. The molecule has 0 saturated heterocycles. The van der Waals surface area contributed by atoms with Gasteiger partial charge in [0.05, 0.1) is 6.54 Å². The first-order chi connectivity index (χ1) is 12.8. The quantitative estimate of drug-likeness (QED) is 0.747. The molecule has 2 aromatic carbocycles. The van der Waals surface area contributed by atoms with Gasteiger partial charge in [-0.05, 0) is 44.4 Å². The highest BCUT2D eigenvalue weighted by Gasteiger charge is 2.23. The Balaban J connectivity index is 1.77. The normalized spacial score (nSPS) is 10.9. The van der Waals surface area contributed by atoms with Crippen molar-refractivity contribution in [3.8, 4) is 0 Å². The van der Waals surface area contributed by atoms with E-state index in [2.05, 4.69) is 5.32 Å². The molecule has 140 valence electrons. The fourth-order valence-electron chi connectivity index (χ4n) is 3.24. The molecular weight excluding hydrogens is 340 g/mol. The van der Waals surface area contributed by atoms with Gasteiger partial charge in [-0.3, -0.25) is 9.59 Å². The number of rotatable bonds is 4. The van der Waals surface area contributed by atoms with Gasteiger partial charge in [-0.1, -0.05) is 36.4 Å². The number of hydrogen-bond donors (Lipinski definition) is 1. The van der Waals surface area contributed by atoms with E-state index in [9.17, 15) is 9.59 Å². The summed E-state index contributed by atoms with van der Waals surface area (Å²) in [6.45, 7) is 7.64. The van der Waals surface area contributed by atoms with Crippen LogP contribution < -0.4 is 5.32 Å². The first-order valence-corrected chi connectivity index (χ1v) is 8.90. The van der Waals surface area contributed by atoms with E-state index in [1.807, 2.05) is 64.1 Å². The van der Waals surface area contributed by atoms with Crippen LogP contribution in [-0.2, 0) is 4.79 Å². The third-order valence-electron chi connectivity index (χ3n) is 4.83. The number of aryl methyl sites for hydroxylation is 4. The Bertz CT molecular complexity index is 1010. The third-order valence-corrected chi connectivity index (χ3v) is 4.83. The number of nitrogens with zero attached hydrogens (tertiary/aromatic N) is 1. The van der Waals surface area contributed by atoms with E-state index in [0.29, 0.717) is 5.58 Å². The van der Waals surface area contributed by atoms with Crippen molar-refractivity contribution < 1.29 is 14.0 Å². The minimum absolute atomic E-state index is 0.0535. The van der Waals surface area contributed by atoms with Crippen LogP contribution in [0.1, 0.15) is 32.8 Å². The lowest BCUT2D eigenvalue weighted by Gasteiger charge is -2.17. The Morgan fingerprint density at radius 1 is 0.963 bits per heavy atom. The number of amides is 2. The number of carbonyl (C=O) groups is 2. The van der Waals surface area contributed by atoms with Crippen molar-refractivity contribution in [3.63, 3.8) is 0 Å². The summed E-state index contributed by atoms with van der Waals surface area (Å²) >= 11 is 0. The minimum atomic E-state index is -0.306. The summed E-state index contributed by atoms with van der Waals surface area (Å²) in [4.78, 5) is 26.6. The lowest BCUT2D eigenvalue weighted by Crippen LogP contribution is -2.35. The summed E-state index contributed by atoms with van der Waals surface area (Å²) < 4.78 is 5.83. The number of fused-ring (bicyclic) bond motifs is 1. The lowest BCUT2D eigenvalue weighted by molar-refractivity contribution is -0.116. The van der Waals surface area contributed by atoms with E-state index in [1.54, 1.807) is 7.05 Å². The van der Waals surface area contributed by atoms with Crippen LogP contribution in [0, 0.1) is 27.7 Å². The Hall–Kier alpha value is -3.08. The van der Waals surface area contributed by atoms with E-state index >= 15 is 0 Å². The van der Waals surface area contributed by atoms with Crippen molar-refractivity contribution in [2.45, 2.75) is 27.7 Å². The zero-order valence-corrected chi connectivity index (χ0v) is 16.3. The van der Waals surface area contributed by atoms with Crippen LogP contribution in [0.15, 0.2) is 40.8 Å². The van der Waals surface area contributed by atoms with E-state index in [0.717, 1.165) is 33.3 Å². The van der Waals surface area contributed by atoms with Gasteiger partial charge in [0.25, 0.3) is 5.91 Å². The van der Waals surface area contributed by atoms with Crippen molar-refractivity contribution >= 4 is 28.5 Å². The van der Waals surface area contributed by atoms with Crippen LogP contribution in [0.3, 0.4) is 0 Å². The summed E-state index contributed by atoms with van der Waals surface area (Å²) in [5.74, 6) is -0.269. The van der Waals surface area contributed by atoms with Gasteiger partial charge in [-0.15, -0.1) is 0 Å². The molecular formula is C22H24N2O3. The molecule has 3 rings (SSSR count). The smallest absolute Gasteiger partial charge is 0.290 e. The van der Waals surface area contributed by atoms with Crippen LogP contribution in [0.4, 0.5) is 5.69 Å². The number of anilines is 1. The molecule has 0 unspecified atom stereocenters. The largest absolute Gasteiger partial charge is 0.450 e. The van der Waals surface area contributed by atoms with Gasteiger partial charge in [0.2, 0.25) is 5.91 Å². The zero-order valence-electron chi connectivity index (χ0n) is 16.3. The van der Waals surface area contributed by atoms with Crippen molar-refractivity contribution in [2.75, 3.05) is 18.9 Å². The van der Waals surface area contributed by atoms with Crippen molar-refractivity contribution in [1.82, 2.24) is 4.90 Å². The summed E-state index contributed by atoms with van der Waals surface area (Å²) in [6, 6.07) is 11.7. The molecule has 1 N–H and O–H groups in total. The van der Waals surface area contributed by atoms with Gasteiger partial charge in [-0.25, -0.2) is 0 Å². The first-order valence-electron chi connectivity index (χ1n) is 8.90. The average Bonchev–Trinajstić information content (AvgIpc) is 2.96. The lowest BCUT2D eigenvalue weighted by atomic mass is 10.1. The number of nitrogens with one attached hydrogen (secondary N) is 1. The molecule has 0 spiro atoms. The Kier molecular flexibility index (Phi) is 5.04. The summed E-state index contributed by atoms with van der Waals surface area (Å²) in [5, 5.41) is 3.83. The molecule has 1 heterocycles. The highest BCUT2D eigenvalue weighted by atomic mass is 16.3. The molecule has 5 nitrogen and oxygen atoms in total. The highest BCUT2D eigenvalue weighted by Crippen LogP contribution is 2.28. The predicted molar refractivity (Wildman–Crippen MR) is 107 cm³/mol. The van der Waals surface area contributed by atoms with Gasteiger partial charge in [0.1, 0.15) is 5.58 Å². The van der Waals surface area contributed by atoms with Crippen LogP contribution in [0.5, 0.6) is 0 Å². The molecule has 5 heteroatoms. The fourth-order valence-corrected chi connectivity index (χ4v) is 3.24. The van der Waals surface area contributed by atoms with Crippen molar-refractivity contribution in [1.29, 1.82) is 0 Å². The molecule has 0 radical (unpaired) electrons.